The van der Waals surface area contributed by atoms with E-state index in [1.165, 1.54) is 22.0 Å². The van der Waals surface area contributed by atoms with Crippen LogP contribution in [0.4, 0.5) is 0 Å². The van der Waals surface area contributed by atoms with Crippen LogP contribution >= 0.6 is 0 Å². The highest BCUT2D eigenvalue weighted by Gasteiger charge is 2.13. The quantitative estimate of drug-likeness (QED) is 0.671. The van der Waals surface area contributed by atoms with Crippen molar-refractivity contribution in [1.29, 1.82) is 0 Å². The molecule has 0 aliphatic rings. The van der Waals surface area contributed by atoms with Crippen molar-refractivity contribution in [1.82, 2.24) is 9.78 Å². The highest BCUT2D eigenvalue weighted by Crippen LogP contribution is 2.22. The summed E-state index contributed by atoms with van der Waals surface area (Å²) in [6.07, 6.45) is 1.93. The minimum Gasteiger partial charge on any atom is -0.260 e. The average Bonchev–Trinajstić information content (AvgIpc) is 2.82. The first-order chi connectivity index (χ1) is 9.54. The second kappa shape index (κ2) is 4.78. The maximum absolute atomic E-state index is 4.48. The molecule has 0 N–H and O–H groups in total. The van der Waals surface area contributed by atoms with Crippen LogP contribution in [0.3, 0.4) is 0 Å². The van der Waals surface area contributed by atoms with E-state index in [2.05, 4.69) is 73.0 Å². The molecule has 3 aromatic rings. The Bertz CT molecular complexity index is 715. The number of para-hydroxylation sites is 1. The van der Waals surface area contributed by atoms with Gasteiger partial charge in [-0.25, -0.2) is 0 Å². The summed E-state index contributed by atoms with van der Waals surface area (Å²) in [5.74, 6) is 0. The number of aromatic nitrogens is 2. The molecule has 0 amide bonds. The molecule has 0 atom stereocenters. The second-order valence-corrected chi connectivity index (χ2v) is 6.31. The summed E-state index contributed by atoms with van der Waals surface area (Å²) in [6.45, 7) is 7.53. The molecule has 0 fully saturated rings. The Labute approximate surface area is 120 Å². The molecule has 0 saturated carbocycles. The van der Waals surface area contributed by atoms with E-state index in [-0.39, 0.29) is 5.41 Å². The predicted octanol–water partition coefficient (Wildman–Crippen LogP) is 4.38. The van der Waals surface area contributed by atoms with E-state index in [9.17, 15) is 0 Å². The Kier molecular flexibility index (Phi) is 3.09. The number of benzene rings is 2. The van der Waals surface area contributed by atoms with Gasteiger partial charge in [-0.1, -0.05) is 63.2 Å². The van der Waals surface area contributed by atoms with E-state index in [1.807, 2.05) is 12.3 Å². The summed E-state index contributed by atoms with van der Waals surface area (Å²) < 4.78 is 2.06. The van der Waals surface area contributed by atoms with Gasteiger partial charge in [0, 0.05) is 5.39 Å². The molecular formula is C18H20N2. The van der Waals surface area contributed by atoms with Crippen LogP contribution in [-0.2, 0) is 12.0 Å². The van der Waals surface area contributed by atoms with Crippen LogP contribution in [0.2, 0.25) is 0 Å². The lowest BCUT2D eigenvalue weighted by molar-refractivity contribution is 0.589. The summed E-state index contributed by atoms with van der Waals surface area (Å²) in [5, 5.41) is 5.67. The van der Waals surface area contributed by atoms with E-state index in [0.29, 0.717) is 0 Å². The molecular weight excluding hydrogens is 244 g/mol. The van der Waals surface area contributed by atoms with Crippen LogP contribution in [0.15, 0.2) is 54.7 Å². The van der Waals surface area contributed by atoms with Crippen molar-refractivity contribution in [2.75, 3.05) is 0 Å². The highest BCUT2D eigenvalue weighted by molar-refractivity contribution is 5.78. The third-order valence-corrected chi connectivity index (χ3v) is 3.70. The zero-order valence-electron chi connectivity index (χ0n) is 12.3. The zero-order chi connectivity index (χ0) is 14.2. The van der Waals surface area contributed by atoms with Crippen molar-refractivity contribution in [3.8, 4) is 0 Å². The van der Waals surface area contributed by atoms with Gasteiger partial charge < -0.3 is 0 Å². The monoisotopic (exact) mass is 264 g/mol. The molecule has 0 aliphatic heterocycles. The standard InChI is InChI=1S/C18H20N2/c1-18(2,3)16-10-8-14(9-11-16)13-20-17-7-5-4-6-15(17)12-19-20/h4-12H,13H2,1-3H3. The molecule has 2 heteroatoms. The minimum atomic E-state index is 0.205. The van der Waals surface area contributed by atoms with Crippen LogP contribution in [0.1, 0.15) is 31.9 Å². The van der Waals surface area contributed by atoms with Crippen molar-refractivity contribution in [3.63, 3.8) is 0 Å². The summed E-state index contributed by atoms with van der Waals surface area (Å²) in [6, 6.07) is 17.2. The van der Waals surface area contributed by atoms with Crippen molar-refractivity contribution < 1.29 is 0 Å². The van der Waals surface area contributed by atoms with Crippen LogP contribution in [0, 0.1) is 0 Å². The smallest absolute Gasteiger partial charge is 0.0686 e. The predicted molar refractivity (Wildman–Crippen MR) is 84.0 cm³/mol. The maximum atomic E-state index is 4.48. The highest BCUT2D eigenvalue weighted by atomic mass is 15.3. The normalized spacial score (nSPS) is 11.9. The van der Waals surface area contributed by atoms with E-state index >= 15 is 0 Å². The Morgan fingerprint density at radius 1 is 0.950 bits per heavy atom. The van der Waals surface area contributed by atoms with Gasteiger partial charge in [-0.3, -0.25) is 4.68 Å². The molecule has 2 aromatic carbocycles. The minimum absolute atomic E-state index is 0.205. The number of hydrogen-bond acceptors (Lipinski definition) is 1. The molecule has 0 spiro atoms. The van der Waals surface area contributed by atoms with Crippen molar-refractivity contribution in [2.45, 2.75) is 32.7 Å². The lowest BCUT2D eigenvalue weighted by atomic mass is 9.87. The van der Waals surface area contributed by atoms with E-state index in [1.54, 1.807) is 0 Å². The fourth-order valence-electron chi connectivity index (χ4n) is 2.43. The molecule has 3 rings (SSSR count). The van der Waals surface area contributed by atoms with Gasteiger partial charge in [0.15, 0.2) is 0 Å². The first-order valence-corrected chi connectivity index (χ1v) is 7.04. The lowest BCUT2D eigenvalue weighted by Crippen LogP contribution is -2.11. The van der Waals surface area contributed by atoms with E-state index in [0.717, 1.165) is 6.54 Å². The molecule has 2 nitrogen and oxygen atoms in total. The van der Waals surface area contributed by atoms with Gasteiger partial charge in [-0.2, -0.15) is 5.10 Å². The SMILES string of the molecule is CC(C)(C)c1ccc(Cn2ncc3ccccc32)cc1. The number of hydrogen-bond donors (Lipinski definition) is 0. The van der Waals surface area contributed by atoms with Gasteiger partial charge in [0.2, 0.25) is 0 Å². The Morgan fingerprint density at radius 3 is 2.35 bits per heavy atom. The van der Waals surface area contributed by atoms with Gasteiger partial charge in [0.25, 0.3) is 0 Å². The molecule has 1 aromatic heterocycles. The topological polar surface area (TPSA) is 17.8 Å². The second-order valence-electron chi connectivity index (χ2n) is 6.31. The summed E-state index contributed by atoms with van der Waals surface area (Å²) in [5.41, 5.74) is 4.04. The number of nitrogens with zero attached hydrogens (tertiary/aromatic N) is 2. The number of rotatable bonds is 2. The van der Waals surface area contributed by atoms with Gasteiger partial charge >= 0.3 is 0 Å². The largest absolute Gasteiger partial charge is 0.260 e. The third-order valence-electron chi connectivity index (χ3n) is 3.70. The first kappa shape index (κ1) is 12.9. The summed E-state index contributed by atoms with van der Waals surface area (Å²) >= 11 is 0. The molecule has 1 heterocycles. The van der Waals surface area contributed by atoms with Crippen LogP contribution < -0.4 is 0 Å². The summed E-state index contributed by atoms with van der Waals surface area (Å²) in [7, 11) is 0. The lowest BCUT2D eigenvalue weighted by Gasteiger charge is -2.19. The molecule has 0 saturated heterocycles. The molecule has 0 aliphatic carbocycles. The molecule has 0 bridgehead atoms. The Hall–Kier alpha value is -2.09. The molecule has 20 heavy (non-hydrogen) atoms. The fourth-order valence-corrected chi connectivity index (χ4v) is 2.43. The Morgan fingerprint density at radius 2 is 1.65 bits per heavy atom. The molecule has 0 radical (unpaired) electrons. The van der Waals surface area contributed by atoms with Gasteiger partial charge in [-0.15, -0.1) is 0 Å². The van der Waals surface area contributed by atoms with Gasteiger partial charge in [0.1, 0.15) is 0 Å². The maximum Gasteiger partial charge on any atom is 0.0686 e. The molecule has 102 valence electrons. The molecule has 0 unspecified atom stereocenters. The van der Waals surface area contributed by atoms with Gasteiger partial charge in [-0.05, 0) is 22.6 Å². The van der Waals surface area contributed by atoms with Gasteiger partial charge in [0.05, 0.1) is 18.3 Å². The zero-order valence-corrected chi connectivity index (χ0v) is 12.3. The fraction of sp³-hybridized carbons (Fsp3) is 0.278. The van der Waals surface area contributed by atoms with Crippen molar-refractivity contribution in [3.05, 3.63) is 65.9 Å². The van der Waals surface area contributed by atoms with Crippen LogP contribution in [0.5, 0.6) is 0 Å². The third kappa shape index (κ3) is 2.46. The summed E-state index contributed by atoms with van der Waals surface area (Å²) in [4.78, 5) is 0. The van der Waals surface area contributed by atoms with Crippen LogP contribution in [-0.4, -0.2) is 9.78 Å². The Balaban J connectivity index is 1.88. The van der Waals surface area contributed by atoms with Crippen molar-refractivity contribution in [2.24, 2.45) is 0 Å². The first-order valence-electron chi connectivity index (χ1n) is 7.04. The van der Waals surface area contributed by atoms with E-state index in [4.69, 9.17) is 0 Å². The number of fused-ring (bicyclic) bond motifs is 1. The average molecular weight is 264 g/mol. The van der Waals surface area contributed by atoms with Crippen molar-refractivity contribution >= 4 is 10.9 Å². The van der Waals surface area contributed by atoms with Crippen LogP contribution in [0.25, 0.3) is 10.9 Å². The van der Waals surface area contributed by atoms with E-state index < -0.39 is 0 Å².